The lowest BCUT2D eigenvalue weighted by atomic mass is 10.1. The number of aryl methyl sites for hydroxylation is 2. The van der Waals surface area contributed by atoms with Crippen molar-refractivity contribution in [1.82, 2.24) is 24.3 Å². The quantitative estimate of drug-likeness (QED) is 0.484. The highest BCUT2D eigenvalue weighted by atomic mass is 19.1. The van der Waals surface area contributed by atoms with Crippen LogP contribution in [0, 0.1) is 12.7 Å². The van der Waals surface area contributed by atoms with Crippen molar-refractivity contribution in [3.63, 3.8) is 0 Å². The summed E-state index contributed by atoms with van der Waals surface area (Å²) in [7, 11) is 3.51. The van der Waals surface area contributed by atoms with Crippen molar-refractivity contribution in [1.29, 1.82) is 0 Å². The molecular formula is C23H22FN5O. The third-order valence-electron chi connectivity index (χ3n) is 4.73. The highest BCUT2D eigenvalue weighted by molar-refractivity contribution is 5.69. The van der Waals surface area contributed by atoms with Crippen LogP contribution in [-0.4, -0.2) is 31.4 Å². The first-order valence-electron chi connectivity index (χ1n) is 9.53. The fourth-order valence-electron chi connectivity index (χ4n) is 3.19. The van der Waals surface area contributed by atoms with E-state index in [9.17, 15) is 4.39 Å². The number of benzene rings is 2. The molecule has 0 radical (unpaired) electrons. The molecule has 0 aliphatic heterocycles. The van der Waals surface area contributed by atoms with Gasteiger partial charge < -0.3 is 9.30 Å². The zero-order valence-electron chi connectivity index (χ0n) is 17.1. The largest absolute Gasteiger partial charge is 0.495 e. The number of imidazole rings is 1. The van der Waals surface area contributed by atoms with Gasteiger partial charge in [-0.25, -0.2) is 19.0 Å². The van der Waals surface area contributed by atoms with E-state index in [4.69, 9.17) is 4.74 Å². The topological polar surface area (TPSA) is 57.8 Å². The van der Waals surface area contributed by atoms with E-state index in [0.29, 0.717) is 12.2 Å². The average Bonchev–Trinajstić information content (AvgIpc) is 3.33. The van der Waals surface area contributed by atoms with Gasteiger partial charge in [0.25, 0.3) is 0 Å². The van der Waals surface area contributed by atoms with Gasteiger partial charge in [-0.15, -0.1) is 0 Å². The van der Waals surface area contributed by atoms with Crippen molar-refractivity contribution in [2.24, 2.45) is 7.05 Å². The van der Waals surface area contributed by atoms with Gasteiger partial charge in [0.15, 0.2) is 11.6 Å². The molecule has 0 saturated heterocycles. The van der Waals surface area contributed by atoms with Gasteiger partial charge in [-0.05, 0) is 48.4 Å². The lowest BCUT2D eigenvalue weighted by Gasteiger charge is -2.09. The third kappa shape index (κ3) is 4.30. The molecule has 0 atom stereocenters. The van der Waals surface area contributed by atoms with Crippen LogP contribution in [0.2, 0.25) is 0 Å². The van der Waals surface area contributed by atoms with Crippen LogP contribution in [0.1, 0.15) is 28.5 Å². The lowest BCUT2D eigenvalue weighted by Crippen LogP contribution is -1.96. The van der Waals surface area contributed by atoms with Crippen molar-refractivity contribution >= 4 is 12.2 Å². The molecule has 6 nitrogen and oxygen atoms in total. The Morgan fingerprint density at radius 2 is 1.90 bits per heavy atom. The normalized spacial score (nSPS) is 11.3. The van der Waals surface area contributed by atoms with Gasteiger partial charge >= 0.3 is 0 Å². The Hall–Kier alpha value is -3.74. The van der Waals surface area contributed by atoms with E-state index in [2.05, 4.69) is 15.1 Å². The van der Waals surface area contributed by atoms with E-state index in [1.807, 2.05) is 55.1 Å². The van der Waals surface area contributed by atoms with E-state index >= 15 is 0 Å². The third-order valence-corrected chi connectivity index (χ3v) is 4.73. The average molecular weight is 403 g/mol. The molecule has 0 N–H and O–H groups in total. The highest BCUT2D eigenvalue weighted by Gasteiger charge is 2.08. The van der Waals surface area contributed by atoms with Crippen LogP contribution in [0.5, 0.6) is 5.75 Å². The molecule has 0 fully saturated rings. The number of hydrogen-bond acceptors (Lipinski definition) is 4. The minimum absolute atomic E-state index is 0.249. The first kappa shape index (κ1) is 19.6. The number of ether oxygens (including phenoxy) is 1. The van der Waals surface area contributed by atoms with Crippen molar-refractivity contribution in [2.75, 3.05) is 7.11 Å². The SMILES string of the molecule is COc1cc(/C=C/c2nc(Cc3ccc(F)cc3)nn2C)ccc1-n1cnc(C)c1. The molecule has 0 aliphatic carbocycles. The first-order valence-corrected chi connectivity index (χ1v) is 9.53. The van der Waals surface area contributed by atoms with Gasteiger partial charge in [0, 0.05) is 19.7 Å². The summed E-state index contributed by atoms with van der Waals surface area (Å²) in [6.45, 7) is 1.95. The molecule has 0 amide bonds. The zero-order chi connectivity index (χ0) is 21.1. The van der Waals surface area contributed by atoms with Gasteiger partial charge in [-0.1, -0.05) is 24.3 Å². The van der Waals surface area contributed by atoms with Crippen LogP contribution < -0.4 is 4.74 Å². The van der Waals surface area contributed by atoms with Gasteiger partial charge in [0.05, 0.1) is 24.8 Å². The molecule has 2 heterocycles. The van der Waals surface area contributed by atoms with Crippen molar-refractivity contribution in [3.05, 3.63) is 89.3 Å². The molecule has 2 aromatic heterocycles. The Bertz CT molecular complexity index is 1190. The van der Waals surface area contributed by atoms with Crippen molar-refractivity contribution in [2.45, 2.75) is 13.3 Å². The second kappa shape index (κ2) is 8.32. The highest BCUT2D eigenvalue weighted by Crippen LogP contribution is 2.25. The molecule has 0 aliphatic rings. The molecule has 4 rings (SSSR count). The molecule has 0 unspecified atom stereocenters. The van der Waals surface area contributed by atoms with E-state index < -0.39 is 0 Å². The molecule has 152 valence electrons. The summed E-state index contributed by atoms with van der Waals surface area (Å²) in [6.07, 6.45) is 8.16. The minimum atomic E-state index is -0.249. The van der Waals surface area contributed by atoms with E-state index in [-0.39, 0.29) is 5.82 Å². The van der Waals surface area contributed by atoms with Gasteiger partial charge in [0.1, 0.15) is 11.6 Å². The molecule has 0 saturated carbocycles. The second-order valence-electron chi connectivity index (χ2n) is 7.00. The number of halogens is 1. The second-order valence-corrected chi connectivity index (χ2v) is 7.00. The molecule has 4 aromatic rings. The summed E-state index contributed by atoms with van der Waals surface area (Å²) >= 11 is 0. The molecular weight excluding hydrogens is 381 g/mol. The van der Waals surface area contributed by atoms with Crippen LogP contribution in [0.15, 0.2) is 55.0 Å². The Morgan fingerprint density at radius 3 is 2.60 bits per heavy atom. The van der Waals surface area contributed by atoms with Crippen LogP contribution >= 0.6 is 0 Å². The monoisotopic (exact) mass is 403 g/mol. The summed E-state index contributed by atoms with van der Waals surface area (Å²) in [5.41, 5.74) is 3.82. The summed E-state index contributed by atoms with van der Waals surface area (Å²) in [5.74, 6) is 1.93. The van der Waals surface area contributed by atoms with Gasteiger partial charge in [-0.3, -0.25) is 0 Å². The number of methoxy groups -OCH3 is 1. The molecule has 7 heteroatoms. The van der Waals surface area contributed by atoms with E-state index in [1.54, 1.807) is 30.3 Å². The molecule has 30 heavy (non-hydrogen) atoms. The van der Waals surface area contributed by atoms with E-state index in [1.165, 1.54) is 12.1 Å². The number of aromatic nitrogens is 5. The minimum Gasteiger partial charge on any atom is -0.495 e. The van der Waals surface area contributed by atoms with Gasteiger partial charge in [-0.2, -0.15) is 5.10 Å². The van der Waals surface area contributed by atoms with E-state index in [0.717, 1.165) is 34.1 Å². The summed E-state index contributed by atoms with van der Waals surface area (Å²) in [5, 5.41) is 4.46. The summed E-state index contributed by atoms with van der Waals surface area (Å²) < 4.78 is 22.3. The Balaban J connectivity index is 1.53. The van der Waals surface area contributed by atoms with Crippen molar-refractivity contribution < 1.29 is 9.13 Å². The molecule has 2 aromatic carbocycles. The predicted octanol–water partition coefficient (Wildman–Crippen LogP) is 4.22. The number of hydrogen-bond donors (Lipinski definition) is 0. The smallest absolute Gasteiger partial charge is 0.155 e. The van der Waals surface area contributed by atoms with Gasteiger partial charge in [0.2, 0.25) is 0 Å². The van der Waals surface area contributed by atoms with Crippen LogP contribution in [0.4, 0.5) is 4.39 Å². The van der Waals surface area contributed by atoms with Crippen molar-refractivity contribution in [3.8, 4) is 11.4 Å². The standard InChI is InChI=1S/C23H22FN5O/c1-16-14-29(15-25-16)20-10-6-17(12-21(20)30-3)7-11-23-26-22(27-28(23)2)13-18-4-8-19(24)9-5-18/h4-12,14-15H,13H2,1-3H3/b11-7+. The fraction of sp³-hybridized carbons (Fsp3) is 0.174. The molecule has 0 bridgehead atoms. The predicted molar refractivity (Wildman–Crippen MR) is 114 cm³/mol. The lowest BCUT2D eigenvalue weighted by molar-refractivity contribution is 0.413. The van der Waals surface area contributed by atoms with Crippen LogP contribution in [0.3, 0.4) is 0 Å². The van der Waals surface area contributed by atoms with Crippen LogP contribution in [-0.2, 0) is 13.5 Å². The van der Waals surface area contributed by atoms with Crippen LogP contribution in [0.25, 0.3) is 17.8 Å². The fourth-order valence-corrected chi connectivity index (χ4v) is 3.19. The number of nitrogens with zero attached hydrogens (tertiary/aromatic N) is 5. The zero-order valence-corrected chi connectivity index (χ0v) is 17.1. The Morgan fingerprint density at radius 1 is 1.10 bits per heavy atom. The Labute approximate surface area is 174 Å². The maximum atomic E-state index is 13.1. The maximum absolute atomic E-state index is 13.1. The maximum Gasteiger partial charge on any atom is 0.155 e. The first-order chi connectivity index (χ1) is 14.5. The molecule has 0 spiro atoms. The summed E-state index contributed by atoms with van der Waals surface area (Å²) in [6, 6.07) is 12.4. The summed E-state index contributed by atoms with van der Waals surface area (Å²) in [4.78, 5) is 8.85. The Kier molecular flexibility index (Phi) is 5.43. The number of rotatable bonds is 6.